The van der Waals surface area contributed by atoms with Crippen molar-refractivity contribution >= 4 is 27.5 Å². The van der Waals surface area contributed by atoms with Crippen LogP contribution in [0.4, 0.5) is 5.69 Å². The van der Waals surface area contributed by atoms with Gasteiger partial charge in [-0.15, -0.1) is 0 Å². The van der Waals surface area contributed by atoms with Gasteiger partial charge in [0.2, 0.25) is 11.8 Å². The van der Waals surface area contributed by atoms with Gasteiger partial charge in [0, 0.05) is 19.0 Å². The summed E-state index contributed by atoms with van der Waals surface area (Å²) in [5.41, 5.74) is 4.01. The number of amides is 2. The summed E-state index contributed by atoms with van der Waals surface area (Å²) < 4.78 is 35.3. The monoisotopic (exact) mass is 667 g/mol. The van der Waals surface area contributed by atoms with Gasteiger partial charge in [0.15, 0.2) is 0 Å². The van der Waals surface area contributed by atoms with Crippen molar-refractivity contribution in [2.45, 2.75) is 76.4 Å². The topological polar surface area (TPSA) is 96.0 Å². The first kappa shape index (κ1) is 34.7. The fourth-order valence-electron chi connectivity index (χ4n) is 6.17. The summed E-state index contributed by atoms with van der Waals surface area (Å²) in [6.45, 7) is 5.83. The first-order valence-corrected chi connectivity index (χ1v) is 18.1. The molecule has 1 fully saturated rings. The second-order valence-corrected chi connectivity index (χ2v) is 14.3. The van der Waals surface area contributed by atoms with E-state index < -0.39 is 28.5 Å². The smallest absolute Gasteiger partial charge is 0.264 e. The van der Waals surface area contributed by atoms with Gasteiger partial charge >= 0.3 is 0 Å². The molecule has 0 radical (unpaired) electrons. The van der Waals surface area contributed by atoms with Crippen molar-refractivity contribution in [3.63, 3.8) is 0 Å². The van der Waals surface area contributed by atoms with Crippen LogP contribution >= 0.6 is 0 Å². The lowest BCUT2D eigenvalue weighted by Crippen LogP contribution is -2.54. The lowest BCUT2D eigenvalue weighted by atomic mass is 10.0. The molecule has 4 aromatic rings. The number of aryl methyl sites for hydroxylation is 2. The van der Waals surface area contributed by atoms with E-state index >= 15 is 0 Å². The average Bonchev–Trinajstić information content (AvgIpc) is 3.59. The van der Waals surface area contributed by atoms with Crippen LogP contribution in [0.5, 0.6) is 5.75 Å². The van der Waals surface area contributed by atoms with Crippen LogP contribution < -0.4 is 14.4 Å². The summed E-state index contributed by atoms with van der Waals surface area (Å²) in [5, 5.41) is 3.22. The van der Waals surface area contributed by atoms with E-state index in [1.807, 2.05) is 75.4 Å². The maximum atomic E-state index is 14.7. The molecule has 1 N–H and O–H groups in total. The summed E-state index contributed by atoms with van der Waals surface area (Å²) in [4.78, 5) is 30.5. The second kappa shape index (κ2) is 16.0. The van der Waals surface area contributed by atoms with Crippen molar-refractivity contribution in [3.8, 4) is 5.75 Å². The normalized spacial score (nSPS) is 13.9. The molecule has 4 aromatic carbocycles. The lowest BCUT2D eigenvalue weighted by Gasteiger charge is -2.34. The second-order valence-electron chi connectivity index (χ2n) is 12.5. The minimum absolute atomic E-state index is 0.0500. The molecule has 0 saturated heterocycles. The highest BCUT2D eigenvalue weighted by Gasteiger charge is 2.35. The Morgan fingerprint density at radius 3 is 2.15 bits per heavy atom. The number of sulfonamides is 1. The summed E-state index contributed by atoms with van der Waals surface area (Å²) in [5.74, 6) is -0.128. The predicted molar refractivity (Wildman–Crippen MR) is 189 cm³/mol. The van der Waals surface area contributed by atoms with Crippen molar-refractivity contribution in [2.75, 3.05) is 17.5 Å². The van der Waals surface area contributed by atoms with E-state index in [4.69, 9.17) is 4.74 Å². The third-order valence-electron chi connectivity index (χ3n) is 8.73. The van der Waals surface area contributed by atoms with E-state index in [1.54, 1.807) is 53.4 Å². The van der Waals surface area contributed by atoms with Gasteiger partial charge in [-0.05, 0) is 81.1 Å². The Hall–Kier alpha value is -4.63. The number of anilines is 1. The van der Waals surface area contributed by atoms with Crippen LogP contribution in [0.2, 0.25) is 0 Å². The Morgan fingerprint density at radius 1 is 0.833 bits per heavy atom. The Labute approximate surface area is 284 Å². The fourth-order valence-corrected chi connectivity index (χ4v) is 7.58. The Bertz CT molecular complexity index is 1770. The van der Waals surface area contributed by atoms with Crippen molar-refractivity contribution in [2.24, 2.45) is 0 Å². The number of rotatable bonds is 14. The number of carbonyl (C=O) groups is 2. The number of nitrogens with zero attached hydrogens (tertiary/aromatic N) is 2. The molecule has 1 atom stereocenters. The SMILES string of the molecule is CCOc1ccc(N(CC(=O)N(Cc2cccc(C)c2)[C@@H](Cc2ccccc2)C(=O)NC2CCCC2)S(=O)(=O)c2ccc(C)cc2)cc1. The predicted octanol–water partition coefficient (Wildman–Crippen LogP) is 6.60. The number of hydrogen-bond acceptors (Lipinski definition) is 5. The Morgan fingerprint density at radius 2 is 1.50 bits per heavy atom. The highest BCUT2D eigenvalue weighted by molar-refractivity contribution is 7.92. The van der Waals surface area contributed by atoms with Gasteiger partial charge < -0.3 is 15.0 Å². The fraction of sp³-hybridized carbons (Fsp3) is 0.333. The van der Waals surface area contributed by atoms with E-state index in [1.165, 1.54) is 0 Å². The number of hydrogen-bond donors (Lipinski definition) is 1. The molecule has 0 heterocycles. The van der Waals surface area contributed by atoms with Gasteiger partial charge in [0.05, 0.1) is 17.2 Å². The van der Waals surface area contributed by atoms with Gasteiger partial charge in [0.25, 0.3) is 10.0 Å². The summed E-state index contributed by atoms with van der Waals surface area (Å²) >= 11 is 0. The molecule has 5 rings (SSSR count). The third-order valence-corrected chi connectivity index (χ3v) is 10.5. The lowest BCUT2D eigenvalue weighted by molar-refractivity contribution is -0.140. The molecule has 2 amide bonds. The summed E-state index contributed by atoms with van der Waals surface area (Å²) in [6, 6.07) is 29.9. The van der Waals surface area contributed by atoms with Crippen LogP contribution in [0, 0.1) is 13.8 Å². The first-order valence-electron chi connectivity index (χ1n) is 16.7. The quantitative estimate of drug-likeness (QED) is 0.164. The number of benzene rings is 4. The molecule has 8 nitrogen and oxygen atoms in total. The van der Waals surface area contributed by atoms with E-state index in [9.17, 15) is 18.0 Å². The van der Waals surface area contributed by atoms with E-state index in [-0.39, 0.29) is 29.8 Å². The number of carbonyl (C=O) groups excluding carboxylic acids is 2. The van der Waals surface area contributed by atoms with Crippen molar-refractivity contribution < 1.29 is 22.7 Å². The van der Waals surface area contributed by atoms with E-state index in [0.29, 0.717) is 18.0 Å². The van der Waals surface area contributed by atoms with Gasteiger partial charge in [-0.25, -0.2) is 8.42 Å². The van der Waals surface area contributed by atoms with Crippen LogP contribution in [0.1, 0.15) is 54.9 Å². The van der Waals surface area contributed by atoms with Crippen LogP contribution in [0.15, 0.2) is 108 Å². The Balaban J connectivity index is 1.56. The summed E-state index contributed by atoms with van der Waals surface area (Å²) in [7, 11) is -4.18. The van der Waals surface area contributed by atoms with Gasteiger partial charge in [-0.3, -0.25) is 13.9 Å². The van der Waals surface area contributed by atoms with Crippen LogP contribution in [0.25, 0.3) is 0 Å². The van der Waals surface area contributed by atoms with Crippen LogP contribution in [-0.2, 0) is 32.6 Å². The number of nitrogens with one attached hydrogen (secondary N) is 1. The number of ether oxygens (including phenoxy) is 1. The van der Waals surface area contributed by atoms with Crippen LogP contribution in [0.3, 0.4) is 0 Å². The van der Waals surface area contributed by atoms with Crippen molar-refractivity contribution in [3.05, 3.63) is 125 Å². The zero-order chi connectivity index (χ0) is 34.1. The molecule has 0 bridgehead atoms. The molecule has 0 spiro atoms. The minimum atomic E-state index is -4.18. The molecule has 9 heteroatoms. The zero-order valence-corrected chi connectivity index (χ0v) is 28.8. The zero-order valence-electron chi connectivity index (χ0n) is 28.0. The van der Waals surface area contributed by atoms with Gasteiger partial charge in [0.1, 0.15) is 18.3 Å². The molecular weight excluding hydrogens is 623 g/mol. The van der Waals surface area contributed by atoms with Crippen LogP contribution in [-0.4, -0.2) is 50.4 Å². The van der Waals surface area contributed by atoms with E-state index in [0.717, 1.165) is 52.2 Å². The summed E-state index contributed by atoms with van der Waals surface area (Å²) in [6.07, 6.45) is 4.18. The van der Waals surface area contributed by atoms with Crippen molar-refractivity contribution in [1.82, 2.24) is 10.2 Å². The molecule has 1 aliphatic rings. The average molecular weight is 668 g/mol. The van der Waals surface area contributed by atoms with Gasteiger partial charge in [-0.2, -0.15) is 0 Å². The van der Waals surface area contributed by atoms with E-state index in [2.05, 4.69) is 5.32 Å². The largest absolute Gasteiger partial charge is 0.494 e. The third kappa shape index (κ3) is 8.83. The highest BCUT2D eigenvalue weighted by atomic mass is 32.2. The Kier molecular flexibility index (Phi) is 11.5. The standard InChI is InChI=1S/C39H45N3O5S/c1-4-47-35-21-19-34(20-22-35)42(48(45,46)36-23-17-29(2)18-24-36)28-38(43)41(27-32-14-10-11-30(3)25-32)37(26-31-12-6-5-7-13-31)39(44)40-33-15-8-9-16-33/h5-7,10-14,17-25,33,37H,4,8-9,15-16,26-28H2,1-3H3,(H,40,44)/t37-/m0/s1. The molecule has 48 heavy (non-hydrogen) atoms. The molecule has 1 saturated carbocycles. The molecule has 1 aliphatic carbocycles. The maximum Gasteiger partial charge on any atom is 0.264 e. The first-order chi connectivity index (χ1) is 23.1. The maximum absolute atomic E-state index is 14.7. The molecule has 252 valence electrons. The molecule has 0 aromatic heterocycles. The minimum Gasteiger partial charge on any atom is -0.494 e. The molecule has 0 unspecified atom stereocenters. The van der Waals surface area contributed by atoms with Gasteiger partial charge in [-0.1, -0.05) is 90.7 Å². The highest BCUT2D eigenvalue weighted by Crippen LogP contribution is 2.28. The molecule has 0 aliphatic heterocycles. The van der Waals surface area contributed by atoms with Crippen molar-refractivity contribution in [1.29, 1.82) is 0 Å². The molecular formula is C39H45N3O5S.